The summed E-state index contributed by atoms with van der Waals surface area (Å²) in [4.78, 5) is 12.3. The van der Waals surface area contributed by atoms with E-state index in [0.717, 1.165) is 36.9 Å². The second kappa shape index (κ2) is 4.44. The van der Waals surface area contributed by atoms with Crippen LogP contribution < -0.4 is 5.56 Å². The Balaban J connectivity index is 2.08. The zero-order chi connectivity index (χ0) is 12.5. The lowest BCUT2D eigenvalue weighted by Crippen LogP contribution is -2.17. The van der Waals surface area contributed by atoms with Crippen molar-refractivity contribution >= 4 is 0 Å². The van der Waals surface area contributed by atoms with Crippen molar-refractivity contribution in [3.05, 3.63) is 51.7 Å². The minimum atomic E-state index is -0.292. The summed E-state index contributed by atoms with van der Waals surface area (Å²) in [5.41, 5.74) is 2.65. The quantitative estimate of drug-likeness (QED) is 0.771. The van der Waals surface area contributed by atoms with Gasteiger partial charge in [-0.15, -0.1) is 0 Å². The number of hydrogen-bond donors (Lipinski definition) is 1. The van der Waals surface area contributed by atoms with E-state index in [2.05, 4.69) is 5.10 Å². The molecule has 18 heavy (non-hydrogen) atoms. The molecule has 2 aromatic rings. The lowest BCUT2D eigenvalue weighted by molar-refractivity contribution is 0.626. The highest BCUT2D eigenvalue weighted by Crippen LogP contribution is 2.17. The fourth-order valence-corrected chi connectivity index (χ4v) is 2.53. The van der Waals surface area contributed by atoms with Gasteiger partial charge < -0.3 is 0 Å². The molecule has 3 rings (SSSR count). The van der Waals surface area contributed by atoms with Gasteiger partial charge in [-0.1, -0.05) is 6.42 Å². The second-order valence-electron chi connectivity index (χ2n) is 4.75. The standard InChI is InChI=1S/C14H15FN2O/c15-10-6-8-11(9-7-10)17-14(18)12-4-2-1-3-5-13(12)16-17/h6-9,16H,1-5H2. The Morgan fingerprint density at radius 1 is 1.06 bits per heavy atom. The number of halogens is 1. The molecule has 1 N–H and O–H groups in total. The van der Waals surface area contributed by atoms with E-state index >= 15 is 0 Å². The first kappa shape index (κ1) is 11.3. The summed E-state index contributed by atoms with van der Waals surface area (Å²) in [5.74, 6) is -0.292. The predicted octanol–water partition coefficient (Wildman–Crippen LogP) is 2.57. The molecule has 0 atom stereocenters. The molecule has 1 aliphatic rings. The van der Waals surface area contributed by atoms with E-state index in [1.165, 1.54) is 23.2 Å². The van der Waals surface area contributed by atoms with Crippen LogP contribution in [0.1, 0.15) is 30.5 Å². The van der Waals surface area contributed by atoms with Gasteiger partial charge >= 0.3 is 0 Å². The lowest BCUT2D eigenvalue weighted by atomic mass is 10.1. The van der Waals surface area contributed by atoms with Gasteiger partial charge in [0, 0.05) is 11.3 Å². The van der Waals surface area contributed by atoms with Crippen molar-refractivity contribution in [3.8, 4) is 5.69 Å². The molecule has 3 nitrogen and oxygen atoms in total. The molecule has 0 fully saturated rings. The number of nitrogens with one attached hydrogen (secondary N) is 1. The van der Waals surface area contributed by atoms with Crippen LogP contribution >= 0.6 is 0 Å². The largest absolute Gasteiger partial charge is 0.295 e. The summed E-state index contributed by atoms with van der Waals surface area (Å²) >= 11 is 0. The predicted molar refractivity (Wildman–Crippen MR) is 67.6 cm³/mol. The van der Waals surface area contributed by atoms with Crippen molar-refractivity contribution in [2.45, 2.75) is 32.1 Å². The molecule has 0 bridgehead atoms. The SMILES string of the molecule is O=c1c2c([nH]n1-c1ccc(F)cc1)CCCCC2. The molecule has 1 heterocycles. The molecular weight excluding hydrogens is 231 g/mol. The van der Waals surface area contributed by atoms with Crippen molar-refractivity contribution < 1.29 is 4.39 Å². The van der Waals surface area contributed by atoms with Crippen molar-refractivity contribution in [1.29, 1.82) is 0 Å². The van der Waals surface area contributed by atoms with Gasteiger partial charge in [-0.25, -0.2) is 9.07 Å². The average Bonchev–Trinajstić information content (AvgIpc) is 2.57. The fourth-order valence-electron chi connectivity index (χ4n) is 2.53. The van der Waals surface area contributed by atoms with Gasteiger partial charge in [-0.3, -0.25) is 9.89 Å². The van der Waals surface area contributed by atoms with Crippen LogP contribution in [0.25, 0.3) is 5.69 Å². The van der Waals surface area contributed by atoms with Crippen LogP contribution in [0.2, 0.25) is 0 Å². The summed E-state index contributed by atoms with van der Waals surface area (Å²) in [6, 6.07) is 5.97. The fraction of sp³-hybridized carbons (Fsp3) is 0.357. The maximum Gasteiger partial charge on any atom is 0.274 e. The number of hydrogen-bond acceptors (Lipinski definition) is 1. The normalized spacial score (nSPS) is 15.2. The summed E-state index contributed by atoms with van der Waals surface area (Å²) in [6.07, 6.45) is 5.15. The third-order valence-electron chi connectivity index (χ3n) is 3.51. The van der Waals surface area contributed by atoms with E-state index in [4.69, 9.17) is 0 Å². The first-order chi connectivity index (χ1) is 8.75. The lowest BCUT2D eigenvalue weighted by Gasteiger charge is -2.01. The molecule has 0 spiro atoms. The third kappa shape index (κ3) is 1.88. The maximum atomic E-state index is 12.9. The summed E-state index contributed by atoms with van der Waals surface area (Å²) in [7, 11) is 0. The summed E-state index contributed by atoms with van der Waals surface area (Å²) in [5, 5.41) is 3.16. The zero-order valence-electron chi connectivity index (χ0n) is 10.1. The molecular formula is C14H15FN2O. The van der Waals surface area contributed by atoms with Crippen molar-refractivity contribution in [3.63, 3.8) is 0 Å². The number of aromatic amines is 1. The van der Waals surface area contributed by atoms with Crippen LogP contribution in [-0.2, 0) is 12.8 Å². The van der Waals surface area contributed by atoms with E-state index in [1.807, 2.05) is 0 Å². The van der Waals surface area contributed by atoms with Crippen molar-refractivity contribution in [1.82, 2.24) is 9.78 Å². The van der Waals surface area contributed by atoms with Gasteiger partial charge in [-0.2, -0.15) is 0 Å². The Bertz CT molecular complexity index is 610. The molecule has 0 unspecified atom stereocenters. The molecule has 94 valence electrons. The number of H-pyrrole nitrogens is 1. The van der Waals surface area contributed by atoms with Crippen LogP contribution in [0.3, 0.4) is 0 Å². The van der Waals surface area contributed by atoms with Crippen LogP contribution in [0, 0.1) is 5.82 Å². The molecule has 4 heteroatoms. The van der Waals surface area contributed by atoms with Crippen LogP contribution in [-0.4, -0.2) is 9.78 Å². The first-order valence-corrected chi connectivity index (χ1v) is 6.34. The first-order valence-electron chi connectivity index (χ1n) is 6.34. The molecule has 1 aromatic carbocycles. The molecule has 0 amide bonds. The van der Waals surface area contributed by atoms with E-state index in [0.29, 0.717) is 5.69 Å². The Labute approximate surface area is 104 Å². The van der Waals surface area contributed by atoms with Crippen LogP contribution in [0.5, 0.6) is 0 Å². The second-order valence-corrected chi connectivity index (χ2v) is 4.75. The monoisotopic (exact) mass is 246 g/mol. The van der Waals surface area contributed by atoms with E-state index in [1.54, 1.807) is 12.1 Å². The zero-order valence-corrected chi connectivity index (χ0v) is 10.1. The Kier molecular flexibility index (Phi) is 2.78. The van der Waals surface area contributed by atoms with Gasteiger partial charge in [0.05, 0.1) is 5.69 Å². The van der Waals surface area contributed by atoms with Gasteiger partial charge in [0.25, 0.3) is 5.56 Å². The minimum Gasteiger partial charge on any atom is -0.295 e. The molecule has 1 aliphatic carbocycles. The Hall–Kier alpha value is -1.84. The summed E-state index contributed by atoms with van der Waals surface area (Å²) < 4.78 is 14.4. The molecule has 0 aliphatic heterocycles. The molecule has 1 aromatic heterocycles. The number of aromatic nitrogens is 2. The molecule has 0 saturated carbocycles. The van der Waals surface area contributed by atoms with Gasteiger partial charge in [0.15, 0.2) is 0 Å². The van der Waals surface area contributed by atoms with Gasteiger partial charge in [-0.05, 0) is 49.9 Å². The highest BCUT2D eigenvalue weighted by atomic mass is 19.1. The number of nitrogens with zero attached hydrogens (tertiary/aromatic N) is 1. The maximum absolute atomic E-state index is 12.9. The van der Waals surface area contributed by atoms with E-state index < -0.39 is 0 Å². The van der Waals surface area contributed by atoms with E-state index in [9.17, 15) is 9.18 Å². The van der Waals surface area contributed by atoms with Crippen LogP contribution in [0.4, 0.5) is 4.39 Å². The van der Waals surface area contributed by atoms with Crippen LogP contribution in [0.15, 0.2) is 29.1 Å². The average molecular weight is 246 g/mol. The van der Waals surface area contributed by atoms with Crippen molar-refractivity contribution in [2.75, 3.05) is 0 Å². The smallest absolute Gasteiger partial charge is 0.274 e. The van der Waals surface area contributed by atoms with Gasteiger partial charge in [0.1, 0.15) is 5.82 Å². The van der Waals surface area contributed by atoms with Gasteiger partial charge in [0.2, 0.25) is 0 Å². The number of benzene rings is 1. The van der Waals surface area contributed by atoms with E-state index in [-0.39, 0.29) is 11.4 Å². The highest BCUT2D eigenvalue weighted by molar-refractivity contribution is 5.33. The van der Waals surface area contributed by atoms with Crippen molar-refractivity contribution in [2.24, 2.45) is 0 Å². The summed E-state index contributed by atoms with van der Waals surface area (Å²) in [6.45, 7) is 0. The number of rotatable bonds is 1. The Morgan fingerprint density at radius 3 is 2.56 bits per heavy atom. The minimum absolute atomic E-state index is 0.0125. The number of fused-ring (bicyclic) bond motifs is 1. The number of aryl methyl sites for hydroxylation is 1. The Morgan fingerprint density at radius 2 is 1.78 bits per heavy atom. The molecule has 0 saturated heterocycles. The molecule has 0 radical (unpaired) electrons. The highest BCUT2D eigenvalue weighted by Gasteiger charge is 2.16. The third-order valence-corrected chi connectivity index (χ3v) is 3.51. The topological polar surface area (TPSA) is 37.8 Å².